The van der Waals surface area contributed by atoms with E-state index in [-0.39, 0.29) is 0 Å². The van der Waals surface area contributed by atoms with Crippen LogP contribution >= 0.6 is 0 Å². The van der Waals surface area contributed by atoms with Crippen molar-refractivity contribution in [2.45, 2.75) is 45.6 Å². The van der Waals surface area contributed by atoms with E-state index in [0.717, 1.165) is 6.61 Å². The van der Waals surface area contributed by atoms with Crippen molar-refractivity contribution in [3.05, 3.63) is 29.3 Å². The zero-order valence-electron chi connectivity index (χ0n) is 11.8. The van der Waals surface area contributed by atoms with Gasteiger partial charge >= 0.3 is 0 Å². The van der Waals surface area contributed by atoms with E-state index < -0.39 is 0 Å². The number of fused-ring (bicyclic) bond motifs is 1. The highest BCUT2D eigenvalue weighted by Gasteiger charge is 2.17. The zero-order chi connectivity index (χ0) is 13.0. The van der Waals surface area contributed by atoms with Gasteiger partial charge in [-0.1, -0.05) is 26.0 Å². The predicted octanol–water partition coefficient (Wildman–Crippen LogP) is 3.65. The fraction of sp³-hybridized carbons (Fsp3) is 0.625. The average Bonchev–Trinajstić information content (AvgIpc) is 2.38. The zero-order valence-corrected chi connectivity index (χ0v) is 11.8. The maximum absolute atomic E-state index is 5.32. The molecule has 1 N–H and O–H groups in total. The highest BCUT2D eigenvalue weighted by atomic mass is 16.5. The highest BCUT2D eigenvalue weighted by molar-refractivity contribution is 5.56. The Labute approximate surface area is 111 Å². The van der Waals surface area contributed by atoms with Crippen LogP contribution in [0.4, 0.5) is 5.69 Å². The van der Waals surface area contributed by atoms with Crippen molar-refractivity contribution in [2.24, 2.45) is 5.92 Å². The summed E-state index contributed by atoms with van der Waals surface area (Å²) in [4.78, 5) is 0. The molecular formula is C16H25NO. The third-order valence-corrected chi connectivity index (χ3v) is 3.89. The lowest BCUT2D eigenvalue weighted by Gasteiger charge is -2.26. The Bertz CT molecular complexity index is 387. The van der Waals surface area contributed by atoms with Gasteiger partial charge in [0.25, 0.3) is 0 Å². The first-order valence-electron chi connectivity index (χ1n) is 7.08. The van der Waals surface area contributed by atoms with Gasteiger partial charge in [0.15, 0.2) is 0 Å². The highest BCUT2D eigenvalue weighted by Crippen LogP contribution is 2.28. The van der Waals surface area contributed by atoms with Gasteiger partial charge in [-0.25, -0.2) is 0 Å². The monoisotopic (exact) mass is 247 g/mol. The molecule has 0 spiro atoms. The molecule has 0 saturated heterocycles. The van der Waals surface area contributed by atoms with Crippen LogP contribution in [0.1, 0.15) is 37.8 Å². The van der Waals surface area contributed by atoms with Gasteiger partial charge in [0.2, 0.25) is 0 Å². The molecule has 2 rings (SSSR count). The van der Waals surface area contributed by atoms with Crippen molar-refractivity contribution in [1.29, 1.82) is 0 Å². The molecule has 1 atom stereocenters. The summed E-state index contributed by atoms with van der Waals surface area (Å²) >= 11 is 0. The number of hydrogen-bond donors (Lipinski definition) is 1. The molecule has 0 saturated carbocycles. The number of anilines is 1. The molecular weight excluding hydrogens is 222 g/mol. The number of nitrogens with one attached hydrogen (secondary N) is 1. The molecule has 0 bridgehead atoms. The maximum atomic E-state index is 5.32. The van der Waals surface area contributed by atoms with Gasteiger partial charge in [-0.15, -0.1) is 0 Å². The van der Waals surface area contributed by atoms with E-state index in [2.05, 4.69) is 37.4 Å². The first kappa shape index (κ1) is 13.4. The van der Waals surface area contributed by atoms with Crippen LogP contribution in [0.15, 0.2) is 18.2 Å². The first-order chi connectivity index (χ1) is 8.72. The molecule has 1 aromatic carbocycles. The number of rotatable bonds is 5. The summed E-state index contributed by atoms with van der Waals surface area (Å²) in [5.74, 6) is 0.574. The van der Waals surface area contributed by atoms with Crippen molar-refractivity contribution < 1.29 is 4.74 Å². The maximum Gasteiger partial charge on any atom is 0.0666 e. The summed E-state index contributed by atoms with van der Waals surface area (Å²) in [5, 5.41) is 3.68. The third-order valence-electron chi connectivity index (χ3n) is 3.89. The first-order valence-corrected chi connectivity index (χ1v) is 7.08. The minimum atomic E-state index is 0.392. The van der Waals surface area contributed by atoms with Gasteiger partial charge in [-0.2, -0.15) is 0 Å². The van der Waals surface area contributed by atoms with Crippen LogP contribution in [-0.4, -0.2) is 19.8 Å². The van der Waals surface area contributed by atoms with E-state index in [1.54, 1.807) is 7.11 Å². The molecule has 0 amide bonds. The molecule has 100 valence electrons. The Morgan fingerprint density at radius 3 is 2.72 bits per heavy atom. The van der Waals surface area contributed by atoms with Crippen LogP contribution in [0.2, 0.25) is 0 Å². The molecule has 18 heavy (non-hydrogen) atoms. The standard InChI is InChI=1S/C16H25NO/c1-12(2)16(11-18-3)17-15-10-6-8-13-7-4-5-9-14(13)15/h6,8,10,12,16-17H,4-5,7,9,11H2,1-3H3. The van der Waals surface area contributed by atoms with E-state index in [4.69, 9.17) is 4.74 Å². The lowest BCUT2D eigenvalue weighted by Crippen LogP contribution is -2.31. The van der Waals surface area contributed by atoms with Crippen molar-refractivity contribution >= 4 is 5.69 Å². The van der Waals surface area contributed by atoms with Crippen LogP contribution in [0.25, 0.3) is 0 Å². The average molecular weight is 247 g/mol. The number of hydrogen-bond acceptors (Lipinski definition) is 2. The van der Waals surface area contributed by atoms with Gasteiger partial charge < -0.3 is 10.1 Å². The Kier molecular flexibility index (Phi) is 4.65. The second-order valence-electron chi connectivity index (χ2n) is 5.60. The molecule has 1 aliphatic carbocycles. The van der Waals surface area contributed by atoms with Crippen molar-refractivity contribution in [1.82, 2.24) is 0 Å². The normalized spacial score (nSPS) is 16.4. The molecule has 0 aromatic heterocycles. The molecule has 0 aliphatic heterocycles. The fourth-order valence-electron chi connectivity index (χ4n) is 2.70. The Morgan fingerprint density at radius 1 is 1.22 bits per heavy atom. The minimum Gasteiger partial charge on any atom is -0.383 e. The Balaban J connectivity index is 2.17. The molecule has 1 unspecified atom stereocenters. The van der Waals surface area contributed by atoms with Gasteiger partial charge in [-0.3, -0.25) is 0 Å². The Morgan fingerprint density at radius 2 is 2.00 bits per heavy atom. The molecule has 2 heteroatoms. The van der Waals surface area contributed by atoms with Crippen LogP contribution in [-0.2, 0) is 17.6 Å². The van der Waals surface area contributed by atoms with E-state index in [0.29, 0.717) is 12.0 Å². The van der Waals surface area contributed by atoms with Gasteiger partial charge in [0, 0.05) is 12.8 Å². The van der Waals surface area contributed by atoms with E-state index >= 15 is 0 Å². The molecule has 1 aromatic rings. The quantitative estimate of drug-likeness (QED) is 0.857. The summed E-state index contributed by atoms with van der Waals surface area (Å²) in [6.07, 6.45) is 5.11. The smallest absolute Gasteiger partial charge is 0.0666 e. The van der Waals surface area contributed by atoms with Crippen LogP contribution in [0.3, 0.4) is 0 Å². The van der Waals surface area contributed by atoms with Crippen molar-refractivity contribution in [3.63, 3.8) is 0 Å². The molecule has 0 fully saturated rings. The van der Waals surface area contributed by atoms with Crippen molar-refractivity contribution in [3.8, 4) is 0 Å². The van der Waals surface area contributed by atoms with Crippen LogP contribution in [0.5, 0.6) is 0 Å². The topological polar surface area (TPSA) is 21.3 Å². The van der Waals surface area contributed by atoms with Gasteiger partial charge in [-0.05, 0) is 48.8 Å². The van der Waals surface area contributed by atoms with Crippen molar-refractivity contribution in [2.75, 3.05) is 19.0 Å². The molecule has 0 heterocycles. The van der Waals surface area contributed by atoms with Crippen LogP contribution < -0.4 is 5.32 Å². The lowest BCUT2D eigenvalue weighted by molar-refractivity contribution is 0.171. The van der Waals surface area contributed by atoms with E-state index in [1.165, 1.54) is 42.5 Å². The number of methoxy groups -OCH3 is 1. The SMILES string of the molecule is COCC(Nc1cccc2c1CCCC2)C(C)C. The molecule has 2 nitrogen and oxygen atoms in total. The number of benzene rings is 1. The second-order valence-corrected chi connectivity index (χ2v) is 5.60. The summed E-state index contributed by atoms with van der Waals surface area (Å²) in [6.45, 7) is 5.25. The largest absolute Gasteiger partial charge is 0.383 e. The summed E-state index contributed by atoms with van der Waals surface area (Å²) in [5.41, 5.74) is 4.39. The van der Waals surface area contributed by atoms with E-state index in [9.17, 15) is 0 Å². The Hall–Kier alpha value is -1.02. The minimum absolute atomic E-state index is 0.392. The third kappa shape index (κ3) is 3.05. The van der Waals surface area contributed by atoms with E-state index in [1.807, 2.05) is 0 Å². The number of aryl methyl sites for hydroxylation is 1. The summed E-state index contributed by atoms with van der Waals surface area (Å²) < 4.78 is 5.32. The lowest BCUT2D eigenvalue weighted by atomic mass is 9.90. The fourth-order valence-corrected chi connectivity index (χ4v) is 2.70. The van der Waals surface area contributed by atoms with Gasteiger partial charge in [0.1, 0.15) is 0 Å². The summed E-state index contributed by atoms with van der Waals surface area (Å²) in [6, 6.07) is 7.06. The summed E-state index contributed by atoms with van der Waals surface area (Å²) in [7, 11) is 1.78. The molecule has 1 aliphatic rings. The molecule has 0 radical (unpaired) electrons. The van der Waals surface area contributed by atoms with Crippen LogP contribution in [0, 0.1) is 5.92 Å². The number of ether oxygens (including phenoxy) is 1. The second kappa shape index (κ2) is 6.24. The van der Waals surface area contributed by atoms with Gasteiger partial charge in [0.05, 0.1) is 12.6 Å². The predicted molar refractivity (Wildman–Crippen MR) is 77.2 cm³/mol.